The number of hydrogen-bond donors (Lipinski definition) is 0. The smallest absolute Gasteiger partial charge is 0.265 e. The van der Waals surface area contributed by atoms with Gasteiger partial charge >= 0.3 is 0 Å². The highest BCUT2D eigenvalue weighted by atomic mass is 35.5. The number of carbonyl (C=O) groups is 1. The standard InChI is InChI=1S/C15H16ClN3OS/c1-11-14(21-10-17-11)15(20)19-7-5-18(6-8-19)13-4-2-3-12(16)9-13/h2-4,9-10H,5-8H2,1H3. The van der Waals surface area contributed by atoms with Gasteiger partial charge in [0.1, 0.15) is 4.88 Å². The maximum Gasteiger partial charge on any atom is 0.265 e. The third-order valence-electron chi connectivity index (χ3n) is 3.68. The third-order valence-corrected chi connectivity index (χ3v) is 4.83. The van der Waals surface area contributed by atoms with Gasteiger partial charge in [0.15, 0.2) is 0 Å². The van der Waals surface area contributed by atoms with Crippen LogP contribution in [0.3, 0.4) is 0 Å². The number of rotatable bonds is 2. The van der Waals surface area contributed by atoms with Gasteiger partial charge in [0.2, 0.25) is 0 Å². The van der Waals surface area contributed by atoms with Crippen molar-refractivity contribution in [2.75, 3.05) is 31.1 Å². The van der Waals surface area contributed by atoms with E-state index in [-0.39, 0.29) is 5.91 Å². The normalized spacial score (nSPS) is 15.3. The predicted molar refractivity (Wildman–Crippen MR) is 86.4 cm³/mol. The van der Waals surface area contributed by atoms with Crippen LogP contribution in [-0.2, 0) is 0 Å². The minimum Gasteiger partial charge on any atom is -0.368 e. The lowest BCUT2D eigenvalue weighted by Crippen LogP contribution is -2.48. The Morgan fingerprint density at radius 2 is 2.05 bits per heavy atom. The van der Waals surface area contributed by atoms with E-state index < -0.39 is 0 Å². The van der Waals surface area contributed by atoms with Gasteiger partial charge in [0.25, 0.3) is 5.91 Å². The molecule has 6 heteroatoms. The van der Waals surface area contributed by atoms with E-state index in [9.17, 15) is 4.79 Å². The third kappa shape index (κ3) is 3.04. The molecule has 1 aromatic carbocycles. The van der Waals surface area contributed by atoms with Gasteiger partial charge in [-0.25, -0.2) is 4.98 Å². The van der Waals surface area contributed by atoms with Gasteiger partial charge in [0, 0.05) is 36.9 Å². The Balaban J connectivity index is 1.65. The lowest BCUT2D eigenvalue weighted by atomic mass is 10.2. The second-order valence-corrected chi connectivity index (χ2v) is 6.32. The summed E-state index contributed by atoms with van der Waals surface area (Å²) in [4.78, 5) is 21.5. The molecule has 110 valence electrons. The fourth-order valence-electron chi connectivity index (χ4n) is 2.49. The topological polar surface area (TPSA) is 36.4 Å². The van der Waals surface area contributed by atoms with Crippen LogP contribution < -0.4 is 4.90 Å². The molecule has 4 nitrogen and oxygen atoms in total. The van der Waals surface area contributed by atoms with Crippen molar-refractivity contribution in [2.24, 2.45) is 0 Å². The first kappa shape index (κ1) is 14.4. The molecule has 1 fully saturated rings. The number of piperazine rings is 1. The van der Waals surface area contributed by atoms with Crippen LogP contribution in [0, 0.1) is 6.92 Å². The molecule has 0 spiro atoms. The summed E-state index contributed by atoms with van der Waals surface area (Å²) in [7, 11) is 0. The van der Waals surface area contributed by atoms with Gasteiger partial charge in [-0.05, 0) is 25.1 Å². The highest BCUT2D eigenvalue weighted by molar-refractivity contribution is 7.11. The molecule has 0 unspecified atom stereocenters. The summed E-state index contributed by atoms with van der Waals surface area (Å²) < 4.78 is 0. The quantitative estimate of drug-likeness (QED) is 0.853. The molecule has 0 aliphatic carbocycles. The molecule has 0 saturated carbocycles. The van der Waals surface area contributed by atoms with Crippen LogP contribution in [0.15, 0.2) is 29.8 Å². The van der Waals surface area contributed by atoms with Crippen LogP contribution in [0.4, 0.5) is 5.69 Å². The first-order valence-electron chi connectivity index (χ1n) is 6.85. The highest BCUT2D eigenvalue weighted by Gasteiger charge is 2.24. The van der Waals surface area contributed by atoms with Gasteiger partial charge in [0.05, 0.1) is 11.2 Å². The van der Waals surface area contributed by atoms with Crippen molar-refractivity contribution in [3.05, 3.63) is 45.4 Å². The number of benzene rings is 1. The van der Waals surface area contributed by atoms with E-state index in [4.69, 9.17) is 11.6 Å². The van der Waals surface area contributed by atoms with Gasteiger partial charge in [-0.1, -0.05) is 17.7 Å². The molecule has 1 aliphatic rings. The maximum atomic E-state index is 12.4. The zero-order valence-electron chi connectivity index (χ0n) is 11.8. The Bertz CT molecular complexity index is 650. The van der Waals surface area contributed by atoms with Gasteiger partial charge < -0.3 is 9.80 Å². The van der Waals surface area contributed by atoms with Crippen LogP contribution in [0.5, 0.6) is 0 Å². The summed E-state index contributed by atoms with van der Waals surface area (Å²) in [6, 6.07) is 7.84. The fraction of sp³-hybridized carbons (Fsp3) is 0.333. The second-order valence-electron chi connectivity index (χ2n) is 5.03. The van der Waals surface area contributed by atoms with E-state index in [1.54, 1.807) is 5.51 Å². The number of aromatic nitrogens is 1. The van der Waals surface area contributed by atoms with Crippen molar-refractivity contribution in [1.82, 2.24) is 9.88 Å². The van der Waals surface area contributed by atoms with Gasteiger partial charge in [-0.2, -0.15) is 0 Å². The zero-order valence-corrected chi connectivity index (χ0v) is 13.3. The first-order valence-corrected chi connectivity index (χ1v) is 8.11. The molecule has 1 saturated heterocycles. The van der Waals surface area contributed by atoms with Crippen LogP contribution in [-0.4, -0.2) is 42.0 Å². The van der Waals surface area contributed by atoms with Crippen LogP contribution in [0.1, 0.15) is 15.4 Å². The Kier molecular flexibility index (Phi) is 4.12. The van der Waals surface area contributed by atoms with E-state index >= 15 is 0 Å². The summed E-state index contributed by atoms with van der Waals surface area (Å²) in [5.74, 6) is 0.0979. The van der Waals surface area contributed by atoms with Crippen LogP contribution in [0.25, 0.3) is 0 Å². The van der Waals surface area contributed by atoms with E-state index in [0.29, 0.717) is 0 Å². The Labute approximate surface area is 133 Å². The predicted octanol–water partition coefficient (Wildman–Crippen LogP) is 3.07. The molecular weight excluding hydrogens is 306 g/mol. The number of aryl methyl sites for hydroxylation is 1. The second kappa shape index (κ2) is 6.03. The number of amides is 1. The zero-order chi connectivity index (χ0) is 14.8. The van der Waals surface area contributed by atoms with Crippen molar-refractivity contribution in [2.45, 2.75) is 6.92 Å². The summed E-state index contributed by atoms with van der Waals surface area (Å²) in [5, 5.41) is 0.742. The number of halogens is 1. The summed E-state index contributed by atoms with van der Waals surface area (Å²) in [6.45, 7) is 4.98. The molecule has 1 aromatic heterocycles. The van der Waals surface area contributed by atoms with Crippen LogP contribution >= 0.6 is 22.9 Å². The Morgan fingerprint density at radius 3 is 2.67 bits per heavy atom. The molecule has 21 heavy (non-hydrogen) atoms. The molecule has 3 rings (SSSR count). The monoisotopic (exact) mass is 321 g/mol. The lowest BCUT2D eigenvalue weighted by molar-refractivity contribution is 0.0750. The number of carbonyl (C=O) groups excluding carboxylic acids is 1. The minimum absolute atomic E-state index is 0.0979. The van der Waals surface area contributed by atoms with E-state index in [0.717, 1.165) is 47.5 Å². The van der Waals surface area contributed by atoms with Crippen molar-refractivity contribution >= 4 is 34.5 Å². The number of thiazole rings is 1. The van der Waals surface area contributed by atoms with Crippen molar-refractivity contribution in [3.63, 3.8) is 0 Å². The molecule has 0 atom stereocenters. The van der Waals surface area contributed by atoms with Gasteiger partial charge in [-0.15, -0.1) is 11.3 Å². The molecule has 1 amide bonds. The van der Waals surface area contributed by atoms with Crippen molar-refractivity contribution < 1.29 is 4.79 Å². The van der Waals surface area contributed by atoms with Crippen molar-refractivity contribution in [3.8, 4) is 0 Å². The van der Waals surface area contributed by atoms with Gasteiger partial charge in [-0.3, -0.25) is 4.79 Å². The number of anilines is 1. The average Bonchev–Trinajstić information content (AvgIpc) is 2.93. The lowest BCUT2D eigenvalue weighted by Gasteiger charge is -2.36. The Hall–Kier alpha value is -1.59. The molecule has 0 bridgehead atoms. The highest BCUT2D eigenvalue weighted by Crippen LogP contribution is 2.22. The molecule has 1 aliphatic heterocycles. The number of hydrogen-bond acceptors (Lipinski definition) is 4. The largest absolute Gasteiger partial charge is 0.368 e. The number of nitrogens with zero attached hydrogens (tertiary/aromatic N) is 3. The van der Waals surface area contributed by atoms with E-state index in [1.807, 2.05) is 30.0 Å². The minimum atomic E-state index is 0.0979. The average molecular weight is 322 g/mol. The molecule has 2 aromatic rings. The van der Waals surface area contributed by atoms with E-state index in [2.05, 4.69) is 16.0 Å². The fourth-order valence-corrected chi connectivity index (χ4v) is 3.45. The summed E-state index contributed by atoms with van der Waals surface area (Å²) in [6.07, 6.45) is 0. The SMILES string of the molecule is Cc1ncsc1C(=O)N1CCN(c2cccc(Cl)c2)CC1. The van der Waals surface area contributed by atoms with Crippen LogP contribution in [0.2, 0.25) is 5.02 Å². The maximum absolute atomic E-state index is 12.4. The molecule has 0 N–H and O–H groups in total. The molecule has 0 radical (unpaired) electrons. The Morgan fingerprint density at radius 1 is 1.29 bits per heavy atom. The summed E-state index contributed by atoms with van der Waals surface area (Å²) in [5.41, 5.74) is 3.66. The van der Waals surface area contributed by atoms with E-state index in [1.165, 1.54) is 11.3 Å². The molecular formula is C15H16ClN3OS. The first-order chi connectivity index (χ1) is 10.1. The summed E-state index contributed by atoms with van der Waals surface area (Å²) >= 11 is 7.45. The van der Waals surface area contributed by atoms with Crippen molar-refractivity contribution in [1.29, 1.82) is 0 Å². The molecule has 2 heterocycles.